The van der Waals surface area contributed by atoms with Gasteiger partial charge < -0.3 is 14.7 Å². The number of anilines is 1. The summed E-state index contributed by atoms with van der Waals surface area (Å²) in [7, 11) is 0. The van der Waals surface area contributed by atoms with Crippen LogP contribution in [0.4, 0.5) is 5.69 Å². The number of hydrogen-bond acceptors (Lipinski definition) is 3. The van der Waals surface area contributed by atoms with Crippen LogP contribution >= 0.6 is 0 Å². The summed E-state index contributed by atoms with van der Waals surface area (Å²) >= 11 is 0. The molecule has 1 saturated heterocycles. The zero-order chi connectivity index (χ0) is 9.97. The molecule has 3 heteroatoms. The van der Waals surface area contributed by atoms with Crippen molar-refractivity contribution in [1.29, 1.82) is 0 Å². The fourth-order valence-corrected chi connectivity index (χ4v) is 1.80. The van der Waals surface area contributed by atoms with Gasteiger partial charge in [0.2, 0.25) is 0 Å². The number of aliphatic hydroxyl groups excluding tert-OH is 1. The highest BCUT2D eigenvalue weighted by atomic mass is 16.5. The van der Waals surface area contributed by atoms with Crippen molar-refractivity contribution in [2.75, 3.05) is 18.1 Å². The molecule has 1 aliphatic heterocycles. The van der Waals surface area contributed by atoms with Gasteiger partial charge in [-0.2, -0.15) is 0 Å². The molecule has 1 aliphatic rings. The molecule has 0 saturated carbocycles. The van der Waals surface area contributed by atoms with Gasteiger partial charge in [0.1, 0.15) is 12.3 Å². The number of ether oxygens (including phenoxy) is 1. The van der Waals surface area contributed by atoms with E-state index in [0.29, 0.717) is 0 Å². The molecule has 1 N–H and O–H groups in total. The van der Waals surface area contributed by atoms with E-state index < -0.39 is 0 Å². The van der Waals surface area contributed by atoms with E-state index in [1.807, 2.05) is 25.1 Å². The van der Waals surface area contributed by atoms with E-state index >= 15 is 0 Å². The number of aliphatic hydroxyl groups is 1. The Labute approximate surface area is 83.9 Å². The summed E-state index contributed by atoms with van der Waals surface area (Å²) < 4.78 is 5.55. The Morgan fingerprint density at radius 1 is 1.43 bits per heavy atom. The predicted molar refractivity (Wildman–Crippen MR) is 55.2 cm³/mol. The SMILES string of the molecule is CC1OC(CO)CN1c1ccccc1. The second kappa shape index (κ2) is 3.98. The Balaban J connectivity index is 2.13. The topological polar surface area (TPSA) is 32.7 Å². The third kappa shape index (κ3) is 1.74. The summed E-state index contributed by atoms with van der Waals surface area (Å²) in [5.74, 6) is 0. The average molecular weight is 193 g/mol. The fraction of sp³-hybridized carbons (Fsp3) is 0.455. The van der Waals surface area contributed by atoms with E-state index in [-0.39, 0.29) is 18.9 Å². The van der Waals surface area contributed by atoms with E-state index in [4.69, 9.17) is 9.84 Å². The van der Waals surface area contributed by atoms with E-state index in [1.54, 1.807) is 0 Å². The summed E-state index contributed by atoms with van der Waals surface area (Å²) in [6, 6.07) is 10.1. The molecule has 0 amide bonds. The number of hydrogen-bond donors (Lipinski definition) is 1. The van der Waals surface area contributed by atoms with Crippen molar-refractivity contribution in [3.63, 3.8) is 0 Å². The van der Waals surface area contributed by atoms with Crippen molar-refractivity contribution < 1.29 is 9.84 Å². The summed E-state index contributed by atoms with van der Waals surface area (Å²) in [5, 5.41) is 9.00. The highest BCUT2D eigenvalue weighted by Gasteiger charge is 2.28. The van der Waals surface area contributed by atoms with Gasteiger partial charge in [-0.15, -0.1) is 0 Å². The van der Waals surface area contributed by atoms with Gasteiger partial charge in [0.25, 0.3) is 0 Å². The van der Waals surface area contributed by atoms with Gasteiger partial charge in [-0.05, 0) is 19.1 Å². The lowest BCUT2D eigenvalue weighted by molar-refractivity contribution is 0.0238. The van der Waals surface area contributed by atoms with Gasteiger partial charge in [-0.25, -0.2) is 0 Å². The molecule has 14 heavy (non-hydrogen) atoms. The Morgan fingerprint density at radius 2 is 2.14 bits per heavy atom. The number of benzene rings is 1. The van der Waals surface area contributed by atoms with Gasteiger partial charge in [0, 0.05) is 12.2 Å². The van der Waals surface area contributed by atoms with Crippen LogP contribution in [0.5, 0.6) is 0 Å². The van der Waals surface area contributed by atoms with Gasteiger partial charge in [0.05, 0.1) is 6.61 Å². The third-order valence-electron chi connectivity index (χ3n) is 2.52. The number of para-hydroxylation sites is 1. The van der Waals surface area contributed by atoms with Crippen molar-refractivity contribution in [2.24, 2.45) is 0 Å². The molecule has 0 aliphatic carbocycles. The molecule has 0 bridgehead atoms. The zero-order valence-corrected chi connectivity index (χ0v) is 8.26. The lowest BCUT2D eigenvalue weighted by Gasteiger charge is -2.21. The quantitative estimate of drug-likeness (QED) is 0.766. The van der Waals surface area contributed by atoms with Crippen molar-refractivity contribution in [3.05, 3.63) is 30.3 Å². The van der Waals surface area contributed by atoms with E-state index in [0.717, 1.165) is 12.2 Å². The Bertz CT molecular complexity index is 289. The highest BCUT2D eigenvalue weighted by molar-refractivity contribution is 5.47. The van der Waals surface area contributed by atoms with Crippen LogP contribution in [0.3, 0.4) is 0 Å². The molecule has 1 aromatic rings. The van der Waals surface area contributed by atoms with Gasteiger partial charge >= 0.3 is 0 Å². The first kappa shape index (κ1) is 9.49. The fourth-order valence-electron chi connectivity index (χ4n) is 1.80. The van der Waals surface area contributed by atoms with Gasteiger partial charge in [-0.1, -0.05) is 18.2 Å². The molecule has 2 rings (SSSR count). The predicted octanol–water partition coefficient (Wildman–Crippen LogP) is 1.23. The van der Waals surface area contributed by atoms with Crippen LogP contribution in [0, 0.1) is 0 Å². The molecular weight excluding hydrogens is 178 g/mol. The van der Waals surface area contributed by atoms with Crippen LogP contribution in [-0.4, -0.2) is 30.6 Å². The lowest BCUT2D eigenvalue weighted by atomic mass is 10.2. The molecule has 1 fully saturated rings. The van der Waals surface area contributed by atoms with Crippen molar-refractivity contribution in [1.82, 2.24) is 0 Å². The van der Waals surface area contributed by atoms with Crippen molar-refractivity contribution in [3.8, 4) is 0 Å². The van der Waals surface area contributed by atoms with Crippen molar-refractivity contribution in [2.45, 2.75) is 19.3 Å². The molecule has 0 aromatic heterocycles. The normalized spacial score (nSPS) is 26.9. The Kier molecular flexibility index (Phi) is 2.70. The minimum atomic E-state index is -0.0507. The number of nitrogens with zero attached hydrogens (tertiary/aromatic N) is 1. The maximum absolute atomic E-state index is 9.00. The molecule has 2 atom stereocenters. The molecule has 0 radical (unpaired) electrons. The number of rotatable bonds is 2. The molecule has 1 heterocycles. The van der Waals surface area contributed by atoms with E-state index in [1.165, 1.54) is 0 Å². The first-order chi connectivity index (χ1) is 6.81. The molecule has 76 valence electrons. The molecule has 3 nitrogen and oxygen atoms in total. The first-order valence-corrected chi connectivity index (χ1v) is 4.89. The second-order valence-corrected chi connectivity index (χ2v) is 3.53. The standard InChI is InChI=1S/C11H15NO2/c1-9-12(7-11(8-13)14-9)10-5-3-2-4-6-10/h2-6,9,11,13H,7-8H2,1H3. The highest BCUT2D eigenvalue weighted by Crippen LogP contribution is 2.23. The van der Waals surface area contributed by atoms with E-state index in [2.05, 4.69) is 17.0 Å². The Hall–Kier alpha value is -1.06. The monoisotopic (exact) mass is 193 g/mol. The smallest absolute Gasteiger partial charge is 0.127 e. The summed E-state index contributed by atoms with van der Waals surface area (Å²) in [6.45, 7) is 2.86. The van der Waals surface area contributed by atoms with E-state index in [9.17, 15) is 0 Å². The first-order valence-electron chi connectivity index (χ1n) is 4.89. The summed E-state index contributed by atoms with van der Waals surface area (Å²) in [4.78, 5) is 2.15. The van der Waals surface area contributed by atoms with Crippen LogP contribution in [0.15, 0.2) is 30.3 Å². The van der Waals surface area contributed by atoms with Crippen molar-refractivity contribution >= 4 is 5.69 Å². The summed E-state index contributed by atoms with van der Waals surface area (Å²) in [6.07, 6.45) is -0.000226. The van der Waals surface area contributed by atoms with Crippen LogP contribution < -0.4 is 4.90 Å². The molecule has 2 unspecified atom stereocenters. The van der Waals surface area contributed by atoms with Crippen LogP contribution in [0.25, 0.3) is 0 Å². The maximum atomic E-state index is 9.00. The largest absolute Gasteiger partial charge is 0.394 e. The minimum Gasteiger partial charge on any atom is -0.394 e. The molecule has 1 aromatic carbocycles. The van der Waals surface area contributed by atoms with Crippen LogP contribution in [0.1, 0.15) is 6.92 Å². The zero-order valence-electron chi connectivity index (χ0n) is 8.26. The van der Waals surface area contributed by atoms with Crippen LogP contribution in [0.2, 0.25) is 0 Å². The van der Waals surface area contributed by atoms with Crippen LogP contribution in [-0.2, 0) is 4.74 Å². The van der Waals surface area contributed by atoms with Gasteiger partial charge in [-0.3, -0.25) is 0 Å². The second-order valence-electron chi connectivity index (χ2n) is 3.53. The lowest BCUT2D eigenvalue weighted by Crippen LogP contribution is -2.27. The maximum Gasteiger partial charge on any atom is 0.127 e. The Morgan fingerprint density at radius 3 is 2.71 bits per heavy atom. The summed E-state index contributed by atoms with van der Waals surface area (Å²) in [5.41, 5.74) is 1.15. The molecular formula is C11H15NO2. The third-order valence-corrected chi connectivity index (χ3v) is 2.52. The average Bonchev–Trinajstić information content (AvgIpc) is 2.61. The van der Waals surface area contributed by atoms with Gasteiger partial charge in [0.15, 0.2) is 0 Å². The molecule has 0 spiro atoms. The minimum absolute atomic E-state index is 0.0505.